The highest BCUT2D eigenvalue weighted by atomic mass is 32.2. The molecule has 0 bridgehead atoms. The van der Waals surface area contributed by atoms with Crippen LogP contribution < -0.4 is 0 Å². The van der Waals surface area contributed by atoms with Crippen LogP contribution in [0.1, 0.15) is 42.9 Å². The third-order valence-electron chi connectivity index (χ3n) is 6.17. The Balaban J connectivity index is 1.55. The molecule has 2 aliphatic rings. The second kappa shape index (κ2) is 9.51. The van der Waals surface area contributed by atoms with E-state index in [9.17, 15) is 13.2 Å². The van der Waals surface area contributed by atoms with Gasteiger partial charge in [0.25, 0.3) is 0 Å². The Morgan fingerprint density at radius 2 is 1.71 bits per heavy atom. The minimum atomic E-state index is -3.76. The molecule has 0 aliphatic carbocycles. The fourth-order valence-electron chi connectivity index (χ4n) is 4.41. The quantitative estimate of drug-likeness (QED) is 0.634. The number of aryl methyl sites for hydroxylation is 1. The Morgan fingerprint density at radius 1 is 1.03 bits per heavy atom. The smallest absolute Gasteiger partial charge is 0.325 e. The number of sulfonamides is 1. The first-order valence-electron chi connectivity index (χ1n) is 10.9. The van der Waals surface area contributed by atoms with Crippen molar-refractivity contribution in [2.75, 3.05) is 19.8 Å². The molecule has 0 radical (unpaired) electrons. The van der Waals surface area contributed by atoms with Crippen molar-refractivity contribution in [2.24, 2.45) is 5.92 Å². The molecule has 7 heteroatoms. The molecule has 0 amide bonds. The lowest BCUT2D eigenvalue weighted by Gasteiger charge is -2.32. The van der Waals surface area contributed by atoms with Gasteiger partial charge in [0.05, 0.1) is 4.90 Å². The zero-order valence-corrected chi connectivity index (χ0v) is 18.6. The highest BCUT2D eigenvalue weighted by Crippen LogP contribution is 2.35. The SMILES string of the molecule is Cc1ccc(S(=O)(=O)N2CCC[C@H]2C(=O)O[C@@H](c2ccccc2)C2CCOCC2)cc1. The van der Waals surface area contributed by atoms with Crippen LogP contribution in [0, 0.1) is 12.8 Å². The van der Waals surface area contributed by atoms with E-state index in [-0.39, 0.29) is 10.8 Å². The van der Waals surface area contributed by atoms with Gasteiger partial charge in [0.1, 0.15) is 12.1 Å². The molecule has 2 aromatic carbocycles. The lowest BCUT2D eigenvalue weighted by molar-refractivity contribution is -0.158. The Morgan fingerprint density at radius 3 is 2.39 bits per heavy atom. The zero-order valence-electron chi connectivity index (χ0n) is 17.8. The van der Waals surface area contributed by atoms with Crippen LogP contribution in [0.15, 0.2) is 59.5 Å². The molecule has 166 valence electrons. The Bertz CT molecular complexity index is 984. The Labute approximate surface area is 184 Å². The summed E-state index contributed by atoms with van der Waals surface area (Å²) < 4.78 is 39.3. The average Bonchev–Trinajstić information content (AvgIpc) is 3.30. The van der Waals surface area contributed by atoms with Crippen molar-refractivity contribution >= 4 is 16.0 Å². The minimum absolute atomic E-state index is 0.156. The number of hydrogen-bond acceptors (Lipinski definition) is 5. The molecule has 4 rings (SSSR count). The largest absolute Gasteiger partial charge is 0.456 e. The summed E-state index contributed by atoms with van der Waals surface area (Å²) in [4.78, 5) is 13.5. The van der Waals surface area contributed by atoms with Crippen LogP contribution in [0.5, 0.6) is 0 Å². The predicted octanol–water partition coefficient (Wildman–Crippen LogP) is 3.86. The van der Waals surface area contributed by atoms with Crippen LogP contribution in [0.3, 0.4) is 0 Å². The first-order valence-corrected chi connectivity index (χ1v) is 12.3. The van der Waals surface area contributed by atoms with Crippen LogP contribution in [0.2, 0.25) is 0 Å². The maximum atomic E-state index is 13.3. The van der Waals surface area contributed by atoms with Gasteiger partial charge in [-0.05, 0) is 50.3 Å². The molecule has 2 saturated heterocycles. The molecule has 2 fully saturated rings. The molecule has 2 heterocycles. The van der Waals surface area contributed by atoms with E-state index in [2.05, 4.69) is 0 Å². The van der Waals surface area contributed by atoms with E-state index in [1.54, 1.807) is 24.3 Å². The van der Waals surface area contributed by atoms with E-state index < -0.39 is 28.1 Å². The molecule has 0 saturated carbocycles. The van der Waals surface area contributed by atoms with Gasteiger partial charge >= 0.3 is 5.97 Å². The number of carbonyl (C=O) groups excluding carboxylic acids is 1. The molecule has 2 aliphatic heterocycles. The van der Waals surface area contributed by atoms with Crippen molar-refractivity contribution in [1.82, 2.24) is 4.31 Å². The summed E-state index contributed by atoms with van der Waals surface area (Å²) in [6.07, 6.45) is 2.32. The average molecular weight is 444 g/mol. The lowest BCUT2D eigenvalue weighted by Crippen LogP contribution is -2.42. The molecule has 2 atom stereocenters. The molecule has 2 aromatic rings. The second-order valence-electron chi connectivity index (χ2n) is 8.30. The van der Waals surface area contributed by atoms with E-state index in [0.717, 1.165) is 24.0 Å². The van der Waals surface area contributed by atoms with Gasteiger partial charge in [-0.15, -0.1) is 0 Å². The monoisotopic (exact) mass is 443 g/mol. The number of esters is 1. The number of ether oxygens (including phenoxy) is 2. The Kier molecular flexibility index (Phi) is 6.74. The van der Waals surface area contributed by atoms with E-state index in [1.165, 1.54) is 4.31 Å². The molecule has 0 N–H and O–H groups in total. The van der Waals surface area contributed by atoms with Crippen molar-refractivity contribution in [3.63, 3.8) is 0 Å². The van der Waals surface area contributed by atoms with Crippen LogP contribution in [0.4, 0.5) is 0 Å². The Hall–Kier alpha value is -2.22. The van der Waals surface area contributed by atoms with E-state index in [0.29, 0.717) is 32.6 Å². The molecular weight excluding hydrogens is 414 g/mol. The van der Waals surface area contributed by atoms with E-state index >= 15 is 0 Å². The lowest BCUT2D eigenvalue weighted by atomic mass is 9.89. The fraction of sp³-hybridized carbons (Fsp3) is 0.458. The molecule has 0 aromatic heterocycles. The molecule has 0 unspecified atom stereocenters. The number of hydrogen-bond donors (Lipinski definition) is 0. The highest BCUT2D eigenvalue weighted by molar-refractivity contribution is 7.89. The first-order chi connectivity index (χ1) is 15.0. The van der Waals surface area contributed by atoms with Crippen LogP contribution in [-0.2, 0) is 24.3 Å². The van der Waals surface area contributed by atoms with Gasteiger partial charge in [0.15, 0.2) is 0 Å². The third kappa shape index (κ3) is 4.84. The van der Waals surface area contributed by atoms with Gasteiger partial charge in [-0.1, -0.05) is 48.0 Å². The normalized spacial score (nSPS) is 21.6. The van der Waals surface area contributed by atoms with Gasteiger partial charge in [0.2, 0.25) is 10.0 Å². The van der Waals surface area contributed by atoms with Crippen molar-refractivity contribution in [1.29, 1.82) is 0 Å². The van der Waals surface area contributed by atoms with Crippen molar-refractivity contribution in [2.45, 2.75) is 49.6 Å². The maximum Gasteiger partial charge on any atom is 0.325 e. The minimum Gasteiger partial charge on any atom is -0.456 e. The van der Waals surface area contributed by atoms with Gasteiger partial charge < -0.3 is 9.47 Å². The second-order valence-corrected chi connectivity index (χ2v) is 10.2. The van der Waals surface area contributed by atoms with Crippen LogP contribution in [0.25, 0.3) is 0 Å². The van der Waals surface area contributed by atoms with Gasteiger partial charge in [0, 0.05) is 25.7 Å². The van der Waals surface area contributed by atoms with E-state index in [1.807, 2.05) is 37.3 Å². The summed E-state index contributed by atoms with van der Waals surface area (Å²) in [5.41, 5.74) is 1.92. The molecule has 31 heavy (non-hydrogen) atoms. The summed E-state index contributed by atoms with van der Waals surface area (Å²) in [5.74, 6) is -0.308. The fourth-order valence-corrected chi connectivity index (χ4v) is 6.06. The molecule has 0 spiro atoms. The summed E-state index contributed by atoms with van der Waals surface area (Å²) in [5, 5.41) is 0. The third-order valence-corrected chi connectivity index (χ3v) is 8.09. The van der Waals surface area contributed by atoms with Crippen molar-refractivity contribution in [3.05, 3.63) is 65.7 Å². The van der Waals surface area contributed by atoms with Gasteiger partial charge in [-0.2, -0.15) is 4.31 Å². The van der Waals surface area contributed by atoms with Gasteiger partial charge in [-0.3, -0.25) is 4.79 Å². The molecular formula is C24H29NO5S. The van der Waals surface area contributed by atoms with Gasteiger partial charge in [-0.25, -0.2) is 8.42 Å². The van der Waals surface area contributed by atoms with E-state index in [4.69, 9.17) is 9.47 Å². The summed E-state index contributed by atoms with van der Waals surface area (Å²) in [6, 6.07) is 15.7. The van der Waals surface area contributed by atoms with Crippen molar-refractivity contribution < 1.29 is 22.7 Å². The highest BCUT2D eigenvalue weighted by Gasteiger charge is 2.42. The number of carbonyl (C=O) groups is 1. The number of benzene rings is 2. The predicted molar refractivity (Wildman–Crippen MR) is 117 cm³/mol. The zero-order chi connectivity index (χ0) is 21.8. The standard InChI is InChI=1S/C24H29NO5S/c1-18-9-11-21(12-10-18)31(27,28)25-15-5-8-22(25)24(26)30-23(19-6-3-2-4-7-19)20-13-16-29-17-14-20/h2-4,6-7,9-12,20,22-23H,5,8,13-17H2,1H3/t22-,23-/m0/s1. The first kappa shape index (κ1) is 22.0. The molecule has 6 nitrogen and oxygen atoms in total. The van der Waals surface area contributed by atoms with Crippen LogP contribution >= 0.6 is 0 Å². The number of nitrogens with zero attached hydrogens (tertiary/aromatic N) is 1. The van der Waals surface area contributed by atoms with Crippen LogP contribution in [-0.4, -0.2) is 44.5 Å². The maximum absolute atomic E-state index is 13.3. The summed E-state index contributed by atoms with van der Waals surface area (Å²) in [6.45, 7) is 3.52. The summed E-state index contributed by atoms with van der Waals surface area (Å²) in [7, 11) is -3.76. The number of rotatable bonds is 6. The topological polar surface area (TPSA) is 72.9 Å². The summed E-state index contributed by atoms with van der Waals surface area (Å²) >= 11 is 0. The van der Waals surface area contributed by atoms with Crippen molar-refractivity contribution in [3.8, 4) is 0 Å².